The average molecular weight is 276 g/mol. The lowest BCUT2D eigenvalue weighted by Crippen LogP contribution is -2.38. The third kappa shape index (κ3) is 2.45. The molecule has 1 unspecified atom stereocenters. The molecule has 0 aromatic heterocycles. The average Bonchev–Trinajstić information content (AvgIpc) is 2.69. The van der Waals surface area contributed by atoms with E-state index in [2.05, 4.69) is 5.32 Å². The van der Waals surface area contributed by atoms with Crippen LogP contribution in [0, 0.1) is 0 Å². The number of hydrogen-bond acceptors (Lipinski definition) is 4. The smallest absolute Gasteiger partial charge is 0.244 e. The van der Waals surface area contributed by atoms with Gasteiger partial charge in [0.15, 0.2) is 11.5 Å². The number of ether oxygens (including phenoxy) is 2. The van der Waals surface area contributed by atoms with E-state index in [1.165, 1.54) is 0 Å². The Morgan fingerprint density at radius 1 is 1.30 bits per heavy atom. The number of anilines is 1. The summed E-state index contributed by atoms with van der Waals surface area (Å²) in [6, 6.07) is 5.67. The highest BCUT2D eigenvalue weighted by Gasteiger charge is 2.32. The quantitative estimate of drug-likeness (QED) is 0.910. The number of nitrogens with zero attached hydrogens (tertiary/aromatic N) is 1. The maximum Gasteiger partial charge on any atom is 0.244 e. The molecule has 5 heteroatoms. The lowest BCUT2D eigenvalue weighted by molar-refractivity contribution is -0.118. The van der Waals surface area contributed by atoms with E-state index in [1.807, 2.05) is 30.0 Å². The number of carbonyl (C=O) groups is 1. The van der Waals surface area contributed by atoms with Crippen LogP contribution in [-0.4, -0.2) is 38.3 Å². The number of hydrogen-bond donors (Lipinski definition) is 1. The third-order valence-corrected chi connectivity index (χ3v) is 3.70. The van der Waals surface area contributed by atoms with Crippen LogP contribution < -0.4 is 19.7 Å². The van der Waals surface area contributed by atoms with Gasteiger partial charge in [-0.15, -0.1) is 0 Å². The van der Waals surface area contributed by atoms with Crippen LogP contribution in [0.25, 0.3) is 0 Å². The van der Waals surface area contributed by atoms with Crippen LogP contribution in [0.2, 0.25) is 0 Å². The van der Waals surface area contributed by atoms with Gasteiger partial charge in [-0.2, -0.15) is 0 Å². The number of fused-ring (bicyclic) bond motifs is 1. The second-order valence-corrected chi connectivity index (χ2v) is 5.07. The zero-order valence-corrected chi connectivity index (χ0v) is 11.7. The van der Waals surface area contributed by atoms with Gasteiger partial charge in [0.05, 0.1) is 19.3 Å². The molecule has 1 aromatic carbocycles. The Hall–Kier alpha value is -1.75. The summed E-state index contributed by atoms with van der Waals surface area (Å²) in [5.41, 5.74) is 0.889. The molecule has 2 aliphatic rings. The Labute approximate surface area is 118 Å². The van der Waals surface area contributed by atoms with Crippen LogP contribution in [0.1, 0.15) is 19.8 Å². The van der Waals surface area contributed by atoms with E-state index >= 15 is 0 Å². The van der Waals surface area contributed by atoms with Gasteiger partial charge in [0.2, 0.25) is 5.91 Å². The largest absolute Gasteiger partial charge is 0.490 e. The summed E-state index contributed by atoms with van der Waals surface area (Å²) < 4.78 is 11.3. The molecule has 108 valence electrons. The SMILES string of the molecule is CCNC1CCN(c2ccc3c(c2)OCCCO3)C1=O. The first kappa shape index (κ1) is 13.2. The van der Waals surface area contributed by atoms with Crippen molar-refractivity contribution in [2.45, 2.75) is 25.8 Å². The summed E-state index contributed by atoms with van der Waals surface area (Å²) in [4.78, 5) is 14.1. The molecule has 2 heterocycles. The highest BCUT2D eigenvalue weighted by atomic mass is 16.5. The predicted molar refractivity (Wildman–Crippen MR) is 76.5 cm³/mol. The molecule has 1 atom stereocenters. The normalized spacial score (nSPS) is 21.9. The molecule has 1 N–H and O–H groups in total. The maximum absolute atomic E-state index is 12.3. The summed E-state index contributed by atoms with van der Waals surface area (Å²) in [6.45, 7) is 4.91. The molecule has 0 radical (unpaired) electrons. The molecule has 3 rings (SSSR count). The maximum atomic E-state index is 12.3. The fraction of sp³-hybridized carbons (Fsp3) is 0.533. The number of benzene rings is 1. The molecule has 1 amide bonds. The first-order chi connectivity index (χ1) is 9.79. The Morgan fingerprint density at radius 3 is 2.90 bits per heavy atom. The summed E-state index contributed by atoms with van der Waals surface area (Å²) in [5.74, 6) is 1.64. The van der Waals surface area contributed by atoms with E-state index in [4.69, 9.17) is 9.47 Å². The highest BCUT2D eigenvalue weighted by Crippen LogP contribution is 2.34. The van der Waals surface area contributed by atoms with Crippen LogP contribution in [0.4, 0.5) is 5.69 Å². The van der Waals surface area contributed by atoms with Crippen LogP contribution in [0.15, 0.2) is 18.2 Å². The lowest BCUT2D eigenvalue weighted by atomic mass is 10.2. The second kappa shape index (κ2) is 5.71. The second-order valence-electron chi connectivity index (χ2n) is 5.07. The van der Waals surface area contributed by atoms with Crippen molar-refractivity contribution in [1.82, 2.24) is 5.32 Å². The van der Waals surface area contributed by atoms with E-state index < -0.39 is 0 Å². The van der Waals surface area contributed by atoms with E-state index in [9.17, 15) is 4.79 Å². The molecule has 0 spiro atoms. The van der Waals surface area contributed by atoms with Crippen molar-refractivity contribution in [2.75, 3.05) is 31.2 Å². The van der Waals surface area contributed by atoms with Gasteiger partial charge in [0, 0.05) is 24.7 Å². The number of likely N-dealkylation sites (N-methyl/N-ethyl adjacent to an activating group) is 1. The lowest BCUT2D eigenvalue weighted by Gasteiger charge is -2.18. The molecule has 5 nitrogen and oxygen atoms in total. The van der Waals surface area contributed by atoms with Crippen molar-refractivity contribution in [3.05, 3.63) is 18.2 Å². The molecule has 2 aliphatic heterocycles. The standard InChI is InChI=1S/C15H20N2O3/c1-2-16-12-6-7-17(15(12)18)11-4-5-13-14(10-11)20-9-3-8-19-13/h4-5,10,12,16H,2-3,6-9H2,1H3. The number of rotatable bonds is 3. The summed E-state index contributed by atoms with van der Waals surface area (Å²) in [5, 5.41) is 3.22. The fourth-order valence-electron chi connectivity index (χ4n) is 2.69. The third-order valence-electron chi connectivity index (χ3n) is 3.70. The summed E-state index contributed by atoms with van der Waals surface area (Å²) in [6.07, 6.45) is 1.73. The Balaban J connectivity index is 1.81. The highest BCUT2D eigenvalue weighted by molar-refractivity contribution is 5.99. The van der Waals surface area contributed by atoms with Crippen LogP contribution in [0.5, 0.6) is 11.5 Å². The van der Waals surface area contributed by atoms with Gasteiger partial charge >= 0.3 is 0 Å². The first-order valence-electron chi connectivity index (χ1n) is 7.24. The van der Waals surface area contributed by atoms with Crippen LogP contribution in [0.3, 0.4) is 0 Å². The van der Waals surface area contributed by atoms with Gasteiger partial charge in [0.25, 0.3) is 0 Å². The van der Waals surface area contributed by atoms with Crippen molar-refractivity contribution in [3.63, 3.8) is 0 Å². The zero-order valence-electron chi connectivity index (χ0n) is 11.7. The Kier molecular flexibility index (Phi) is 3.78. The minimum Gasteiger partial charge on any atom is -0.490 e. The topological polar surface area (TPSA) is 50.8 Å². The zero-order chi connectivity index (χ0) is 13.9. The monoisotopic (exact) mass is 276 g/mol. The summed E-state index contributed by atoms with van der Waals surface area (Å²) in [7, 11) is 0. The van der Waals surface area contributed by atoms with Gasteiger partial charge in [-0.25, -0.2) is 0 Å². The molecule has 20 heavy (non-hydrogen) atoms. The van der Waals surface area contributed by atoms with E-state index in [0.29, 0.717) is 13.2 Å². The Morgan fingerprint density at radius 2 is 2.10 bits per heavy atom. The van der Waals surface area contributed by atoms with Crippen LogP contribution >= 0.6 is 0 Å². The van der Waals surface area contributed by atoms with E-state index in [-0.39, 0.29) is 11.9 Å². The Bertz CT molecular complexity index is 504. The van der Waals surface area contributed by atoms with Crippen molar-refractivity contribution >= 4 is 11.6 Å². The first-order valence-corrected chi connectivity index (χ1v) is 7.24. The van der Waals surface area contributed by atoms with E-state index in [0.717, 1.165) is 43.1 Å². The van der Waals surface area contributed by atoms with Gasteiger partial charge in [-0.05, 0) is 25.1 Å². The number of carbonyl (C=O) groups excluding carboxylic acids is 1. The molecule has 1 saturated heterocycles. The van der Waals surface area contributed by atoms with Crippen LogP contribution in [-0.2, 0) is 4.79 Å². The van der Waals surface area contributed by atoms with Gasteiger partial charge in [0.1, 0.15) is 0 Å². The van der Waals surface area contributed by atoms with Crippen molar-refractivity contribution in [3.8, 4) is 11.5 Å². The van der Waals surface area contributed by atoms with Gasteiger partial charge < -0.3 is 19.7 Å². The molecule has 0 saturated carbocycles. The molecule has 1 aromatic rings. The predicted octanol–water partition coefficient (Wildman–Crippen LogP) is 1.56. The molecule has 0 bridgehead atoms. The number of nitrogens with one attached hydrogen (secondary N) is 1. The summed E-state index contributed by atoms with van der Waals surface area (Å²) >= 11 is 0. The van der Waals surface area contributed by atoms with E-state index in [1.54, 1.807) is 0 Å². The minimum absolute atomic E-state index is 0.0593. The van der Waals surface area contributed by atoms with Crippen molar-refractivity contribution < 1.29 is 14.3 Å². The molecular weight excluding hydrogens is 256 g/mol. The molecule has 0 aliphatic carbocycles. The molecular formula is C15H20N2O3. The number of amides is 1. The van der Waals surface area contributed by atoms with Gasteiger partial charge in [-0.1, -0.05) is 6.92 Å². The van der Waals surface area contributed by atoms with Gasteiger partial charge in [-0.3, -0.25) is 4.79 Å². The van der Waals surface area contributed by atoms with Crippen molar-refractivity contribution in [1.29, 1.82) is 0 Å². The fourth-order valence-corrected chi connectivity index (χ4v) is 2.69. The molecule has 1 fully saturated rings. The van der Waals surface area contributed by atoms with Crippen molar-refractivity contribution in [2.24, 2.45) is 0 Å². The minimum atomic E-state index is -0.0593.